The Morgan fingerprint density at radius 2 is 1.78 bits per heavy atom. The van der Waals surface area contributed by atoms with E-state index in [1.54, 1.807) is 54.6 Å². The SMILES string of the molecule is N#CSc1ccc(NC(=O)CC(C(=O)O)c2ccccc2)cc1. The van der Waals surface area contributed by atoms with Crippen molar-refractivity contribution < 1.29 is 14.7 Å². The molecule has 2 rings (SSSR count). The summed E-state index contributed by atoms with van der Waals surface area (Å²) in [5, 5.41) is 22.5. The van der Waals surface area contributed by atoms with E-state index in [0.717, 1.165) is 16.7 Å². The highest BCUT2D eigenvalue weighted by molar-refractivity contribution is 8.03. The molecule has 0 spiro atoms. The lowest BCUT2D eigenvalue weighted by molar-refractivity contribution is -0.140. The molecule has 1 atom stereocenters. The van der Waals surface area contributed by atoms with E-state index in [4.69, 9.17) is 5.26 Å². The molecule has 2 aromatic carbocycles. The second-order valence-corrected chi connectivity index (χ2v) is 5.63. The number of thiocyanates is 1. The fraction of sp³-hybridized carbons (Fsp3) is 0.118. The third-order valence-electron chi connectivity index (χ3n) is 3.19. The highest BCUT2D eigenvalue weighted by Gasteiger charge is 2.23. The molecule has 0 radical (unpaired) electrons. The third-order valence-corrected chi connectivity index (χ3v) is 3.79. The molecule has 2 aromatic rings. The molecule has 0 aliphatic heterocycles. The van der Waals surface area contributed by atoms with Crippen molar-refractivity contribution in [1.82, 2.24) is 0 Å². The molecule has 23 heavy (non-hydrogen) atoms. The predicted octanol–water partition coefficient (Wildman–Crippen LogP) is 3.46. The number of carbonyl (C=O) groups is 2. The standard InChI is InChI=1S/C17H14N2O3S/c18-11-23-14-8-6-13(7-9-14)19-16(20)10-15(17(21)22)12-4-2-1-3-5-12/h1-9,15H,10H2,(H,19,20)(H,21,22). The van der Waals surface area contributed by atoms with Crippen LogP contribution >= 0.6 is 11.8 Å². The van der Waals surface area contributed by atoms with Crippen LogP contribution in [0.25, 0.3) is 0 Å². The summed E-state index contributed by atoms with van der Waals surface area (Å²) < 4.78 is 0. The van der Waals surface area contributed by atoms with Crippen LogP contribution in [0.1, 0.15) is 17.9 Å². The lowest BCUT2D eigenvalue weighted by Crippen LogP contribution is -2.20. The first kappa shape index (κ1) is 16.6. The van der Waals surface area contributed by atoms with E-state index in [9.17, 15) is 14.7 Å². The van der Waals surface area contributed by atoms with Crippen LogP contribution in [0.15, 0.2) is 59.5 Å². The van der Waals surface area contributed by atoms with Gasteiger partial charge in [-0.1, -0.05) is 30.3 Å². The summed E-state index contributed by atoms with van der Waals surface area (Å²) in [6.07, 6.45) is -0.145. The van der Waals surface area contributed by atoms with Gasteiger partial charge in [0.15, 0.2) is 0 Å². The van der Waals surface area contributed by atoms with E-state index in [1.807, 2.05) is 5.40 Å². The zero-order valence-corrected chi connectivity index (χ0v) is 12.9. The average Bonchev–Trinajstić information content (AvgIpc) is 2.55. The number of rotatable bonds is 6. The third kappa shape index (κ3) is 4.87. The number of carboxylic acid groups (broad SMARTS) is 1. The molecule has 0 aliphatic carbocycles. The quantitative estimate of drug-likeness (QED) is 0.627. The van der Waals surface area contributed by atoms with E-state index in [2.05, 4.69) is 5.32 Å². The van der Waals surface area contributed by atoms with Gasteiger partial charge in [-0.05, 0) is 41.6 Å². The largest absolute Gasteiger partial charge is 0.481 e. The monoisotopic (exact) mass is 326 g/mol. The van der Waals surface area contributed by atoms with Crippen LogP contribution in [0.4, 0.5) is 5.69 Å². The van der Waals surface area contributed by atoms with Gasteiger partial charge in [0.25, 0.3) is 0 Å². The Kier molecular flexibility index (Phi) is 5.78. The van der Waals surface area contributed by atoms with Crippen LogP contribution in [0.5, 0.6) is 0 Å². The zero-order valence-electron chi connectivity index (χ0n) is 12.1. The Bertz CT molecular complexity index is 724. The summed E-state index contributed by atoms with van der Waals surface area (Å²) in [5.41, 5.74) is 1.16. The lowest BCUT2D eigenvalue weighted by Gasteiger charge is -2.13. The van der Waals surface area contributed by atoms with Crippen LogP contribution < -0.4 is 5.32 Å². The predicted molar refractivity (Wildman–Crippen MR) is 88.0 cm³/mol. The number of nitrogens with one attached hydrogen (secondary N) is 1. The topological polar surface area (TPSA) is 90.2 Å². The van der Waals surface area contributed by atoms with Gasteiger partial charge >= 0.3 is 5.97 Å². The fourth-order valence-electron chi connectivity index (χ4n) is 2.09. The Morgan fingerprint density at radius 1 is 1.13 bits per heavy atom. The molecule has 0 saturated carbocycles. The Labute approximate surface area is 137 Å². The number of nitrogens with zero attached hydrogens (tertiary/aromatic N) is 1. The van der Waals surface area contributed by atoms with Gasteiger partial charge in [0.05, 0.1) is 5.92 Å². The van der Waals surface area contributed by atoms with E-state index in [0.29, 0.717) is 11.3 Å². The molecule has 0 bridgehead atoms. The molecule has 0 fully saturated rings. The van der Waals surface area contributed by atoms with Crippen molar-refractivity contribution >= 4 is 29.3 Å². The molecule has 2 N–H and O–H groups in total. The number of carboxylic acids is 1. The maximum Gasteiger partial charge on any atom is 0.311 e. The van der Waals surface area contributed by atoms with Gasteiger partial charge in [-0.3, -0.25) is 9.59 Å². The molecule has 1 unspecified atom stereocenters. The highest BCUT2D eigenvalue weighted by atomic mass is 32.2. The number of aliphatic carboxylic acids is 1. The van der Waals surface area contributed by atoms with Crippen molar-refractivity contribution in [2.45, 2.75) is 17.2 Å². The Balaban J connectivity index is 2.02. The van der Waals surface area contributed by atoms with Crippen molar-refractivity contribution in [3.05, 3.63) is 60.2 Å². The number of benzene rings is 2. The Morgan fingerprint density at radius 3 is 2.35 bits per heavy atom. The van der Waals surface area contributed by atoms with Crippen molar-refractivity contribution in [1.29, 1.82) is 5.26 Å². The van der Waals surface area contributed by atoms with Crippen molar-refractivity contribution in [2.75, 3.05) is 5.32 Å². The number of hydrogen-bond acceptors (Lipinski definition) is 4. The molecule has 5 nitrogen and oxygen atoms in total. The summed E-state index contributed by atoms with van der Waals surface area (Å²) in [6.45, 7) is 0. The molecule has 0 heterocycles. The van der Waals surface area contributed by atoms with E-state index >= 15 is 0 Å². The van der Waals surface area contributed by atoms with Gasteiger partial charge < -0.3 is 10.4 Å². The Hall–Kier alpha value is -2.78. The molecule has 6 heteroatoms. The molecule has 0 aromatic heterocycles. The second kappa shape index (κ2) is 8.01. The van der Waals surface area contributed by atoms with Crippen LogP contribution in [0.2, 0.25) is 0 Å². The average molecular weight is 326 g/mol. The summed E-state index contributed by atoms with van der Waals surface area (Å²) >= 11 is 1.03. The zero-order chi connectivity index (χ0) is 16.7. The first-order valence-electron chi connectivity index (χ1n) is 6.83. The van der Waals surface area contributed by atoms with Gasteiger partial charge in [-0.15, -0.1) is 0 Å². The van der Waals surface area contributed by atoms with E-state index in [-0.39, 0.29) is 12.3 Å². The fourth-order valence-corrected chi connectivity index (χ4v) is 2.47. The van der Waals surface area contributed by atoms with Crippen molar-refractivity contribution in [2.24, 2.45) is 0 Å². The molecule has 1 amide bonds. The van der Waals surface area contributed by atoms with Crippen molar-refractivity contribution in [3.8, 4) is 5.40 Å². The maximum absolute atomic E-state index is 12.1. The molecule has 0 aliphatic rings. The van der Waals surface area contributed by atoms with Crippen molar-refractivity contribution in [3.63, 3.8) is 0 Å². The summed E-state index contributed by atoms with van der Waals surface area (Å²) in [4.78, 5) is 24.2. The van der Waals surface area contributed by atoms with Gasteiger partial charge in [0.2, 0.25) is 5.91 Å². The summed E-state index contributed by atoms with van der Waals surface area (Å²) in [7, 11) is 0. The summed E-state index contributed by atoms with van der Waals surface area (Å²) in [6, 6.07) is 15.5. The van der Waals surface area contributed by atoms with Crippen LogP contribution in [0, 0.1) is 10.7 Å². The number of carbonyl (C=O) groups excluding carboxylic acids is 1. The minimum Gasteiger partial charge on any atom is -0.481 e. The summed E-state index contributed by atoms with van der Waals surface area (Å²) in [5.74, 6) is -2.29. The number of anilines is 1. The minimum atomic E-state index is -1.04. The molecule has 0 saturated heterocycles. The number of amides is 1. The maximum atomic E-state index is 12.1. The number of hydrogen-bond donors (Lipinski definition) is 2. The first-order chi connectivity index (χ1) is 11.1. The van der Waals surface area contributed by atoms with Gasteiger partial charge in [0, 0.05) is 17.0 Å². The van der Waals surface area contributed by atoms with Gasteiger partial charge in [-0.25, -0.2) is 0 Å². The number of thioether (sulfide) groups is 1. The van der Waals surface area contributed by atoms with Crippen LogP contribution in [0.3, 0.4) is 0 Å². The van der Waals surface area contributed by atoms with Crippen LogP contribution in [-0.4, -0.2) is 17.0 Å². The molecular formula is C17H14N2O3S. The lowest BCUT2D eigenvalue weighted by atomic mass is 9.95. The molecule has 116 valence electrons. The number of nitriles is 1. The van der Waals surface area contributed by atoms with E-state index < -0.39 is 11.9 Å². The normalized spacial score (nSPS) is 11.3. The smallest absolute Gasteiger partial charge is 0.311 e. The van der Waals surface area contributed by atoms with Gasteiger partial charge in [0.1, 0.15) is 5.40 Å². The van der Waals surface area contributed by atoms with Crippen LogP contribution in [-0.2, 0) is 9.59 Å². The first-order valence-corrected chi connectivity index (χ1v) is 7.65. The van der Waals surface area contributed by atoms with E-state index in [1.165, 1.54) is 0 Å². The minimum absolute atomic E-state index is 0.145. The highest BCUT2D eigenvalue weighted by Crippen LogP contribution is 2.22. The second-order valence-electron chi connectivity index (χ2n) is 4.77. The van der Waals surface area contributed by atoms with Gasteiger partial charge in [-0.2, -0.15) is 5.26 Å². The molecular weight excluding hydrogens is 312 g/mol.